The van der Waals surface area contributed by atoms with Gasteiger partial charge in [0.05, 0.1) is 31.9 Å². The third-order valence-electron chi connectivity index (χ3n) is 4.25. The topological polar surface area (TPSA) is 84.9 Å². The number of carbonyl (C=O) groups excluding carboxylic acids is 1. The molecular weight excluding hydrogens is 380 g/mol. The summed E-state index contributed by atoms with van der Waals surface area (Å²) in [4.78, 5) is 13.0. The minimum atomic E-state index is -3.70. The lowest BCUT2D eigenvalue weighted by molar-refractivity contribution is -0.117. The summed E-state index contributed by atoms with van der Waals surface area (Å²) in [6.45, 7) is 3.63. The molecule has 152 valence electrons. The van der Waals surface area contributed by atoms with E-state index in [-0.39, 0.29) is 0 Å². The Hall–Kier alpha value is -2.74. The van der Waals surface area contributed by atoms with Gasteiger partial charge in [-0.2, -0.15) is 0 Å². The van der Waals surface area contributed by atoms with Gasteiger partial charge in [-0.1, -0.05) is 19.1 Å². The highest BCUT2D eigenvalue weighted by Gasteiger charge is 2.32. The molecule has 0 aromatic heterocycles. The molecule has 0 aliphatic rings. The Morgan fingerprint density at radius 3 is 2.39 bits per heavy atom. The van der Waals surface area contributed by atoms with Crippen molar-refractivity contribution >= 4 is 27.3 Å². The Kier molecular flexibility index (Phi) is 6.90. The van der Waals surface area contributed by atoms with Crippen LogP contribution in [0.5, 0.6) is 11.5 Å². The van der Waals surface area contributed by atoms with E-state index in [1.54, 1.807) is 43.3 Å². The van der Waals surface area contributed by atoms with Crippen molar-refractivity contribution < 1.29 is 22.7 Å². The molecule has 0 saturated carbocycles. The smallest absolute Gasteiger partial charge is 0.248 e. The van der Waals surface area contributed by atoms with Crippen LogP contribution >= 0.6 is 0 Å². The number of aryl methyl sites for hydroxylation is 1. The first-order valence-corrected chi connectivity index (χ1v) is 10.6. The standard InChI is InChI=1S/C20H26N2O5S/c1-6-18(22(28(5,24)25)15-9-7-8-14(2)12-15)20(23)21-17-13-16(26-3)10-11-19(17)27-4/h7-13,18H,6H2,1-5H3,(H,21,23)/t18-/m1/s1. The molecule has 2 aromatic carbocycles. The molecule has 0 bridgehead atoms. The molecule has 2 rings (SSSR count). The Morgan fingerprint density at radius 1 is 1.14 bits per heavy atom. The number of anilines is 2. The summed E-state index contributed by atoms with van der Waals surface area (Å²) < 4.78 is 36.7. The molecule has 28 heavy (non-hydrogen) atoms. The van der Waals surface area contributed by atoms with Crippen LogP contribution in [0.4, 0.5) is 11.4 Å². The van der Waals surface area contributed by atoms with E-state index in [0.29, 0.717) is 29.3 Å². The Labute approximate surface area is 166 Å². The molecule has 1 N–H and O–H groups in total. The van der Waals surface area contributed by atoms with Gasteiger partial charge in [-0.05, 0) is 43.2 Å². The van der Waals surface area contributed by atoms with Gasteiger partial charge in [0, 0.05) is 6.07 Å². The van der Waals surface area contributed by atoms with Crippen LogP contribution in [0.2, 0.25) is 0 Å². The highest BCUT2D eigenvalue weighted by Crippen LogP contribution is 2.30. The van der Waals surface area contributed by atoms with Crippen molar-refractivity contribution in [3.05, 3.63) is 48.0 Å². The third kappa shape index (κ3) is 4.95. The lowest BCUT2D eigenvalue weighted by atomic mass is 10.1. The van der Waals surface area contributed by atoms with Gasteiger partial charge in [0.2, 0.25) is 15.9 Å². The largest absolute Gasteiger partial charge is 0.497 e. The second-order valence-electron chi connectivity index (χ2n) is 6.38. The zero-order chi connectivity index (χ0) is 20.9. The van der Waals surface area contributed by atoms with Crippen molar-refractivity contribution in [2.45, 2.75) is 26.3 Å². The highest BCUT2D eigenvalue weighted by atomic mass is 32.2. The molecule has 0 spiro atoms. The number of benzene rings is 2. The van der Waals surface area contributed by atoms with Gasteiger partial charge in [-0.25, -0.2) is 8.42 Å². The van der Waals surface area contributed by atoms with E-state index in [4.69, 9.17) is 9.47 Å². The number of sulfonamides is 1. The maximum atomic E-state index is 13.0. The van der Waals surface area contributed by atoms with Gasteiger partial charge in [-0.3, -0.25) is 9.10 Å². The van der Waals surface area contributed by atoms with Crippen molar-refractivity contribution in [1.82, 2.24) is 0 Å². The molecule has 0 saturated heterocycles. The van der Waals surface area contributed by atoms with Crippen LogP contribution in [0.3, 0.4) is 0 Å². The average Bonchev–Trinajstić information content (AvgIpc) is 2.64. The molecule has 8 heteroatoms. The molecule has 1 amide bonds. The van der Waals surface area contributed by atoms with E-state index in [9.17, 15) is 13.2 Å². The minimum Gasteiger partial charge on any atom is -0.497 e. The fraction of sp³-hybridized carbons (Fsp3) is 0.350. The van der Waals surface area contributed by atoms with Gasteiger partial charge >= 0.3 is 0 Å². The number of nitrogens with zero attached hydrogens (tertiary/aromatic N) is 1. The lowest BCUT2D eigenvalue weighted by Crippen LogP contribution is -2.47. The minimum absolute atomic E-state index is 0.291. The van der Waals surface area contributed by atoms with E-state index in [1.807, 2.05) is 13.0 Å². The van der Waals surface area contributed by atoms with Gasteiger partial charge in [0.1, 0.15) is 17.5 Å². The average molecular weight is 407 g/mol. The second-order valence-corrected chi connectivity index (χ2v) is 8.24. The molecule has 0 heterocycles. The molecule has 0 unspecified atom stereocenters. The first-order chi connectivity index (χ1) is 13.2. The molecule has 7 nitrogen and oxygen atoms in total. The Bertz CT molecular complexity index is 943. The number of carbonyl (C=O) groups is 1. The summed E-state index contributed by atoms with van der Waals surface area (Å²) >= 11 is 0. The molecule has 2 aromatic rings. The van der Waals surface area contributed by atoms with E-state index in [2.05, 4.69) is 5.32 Å². The monoisotopic (exact) mass is 406 g/mol. The van der Waals surface area contributed by atoms with Crippen LogP contribution < -0.4 is 19.1 Å². The van der Waals surface area contributed by atoms with Gasteiger partial charge in [-0.15, -0.1) is 0 Å². The quantitative estimate of drug-likeness (QED) is 0.728. The van der Waals surface area contributed by atoms with Crippen molar-refractivity contribution in [1.29, 1.82) is 0 Å². The summed E-state index contributed by atoms with van der Waals surface area (Å²) in [5.74, 6) is 0.536. The molecular formula is C20H26N2O5S. The Balaban J connectivity index is 2.43. The van der Waals surface area contributed by atoms with E-state index < -0.39 is 22.0 Å². The van der Waals surface area contributed by atoms with Crippen LogP contribution in [0, 0.1) is 6.92 Å². The highest BCUT2D eigenvalue weighted by molar-refractivity contribution is 7.92. The maximum absolute atomic E-state index is 13.0. The number of hydrogen-bond donors (Lipinski definition) is 1. The predicted octanol–water partition coefficient (Wildman–Crippen LogP) is 3.20. The van der Waals surface area contributed by atoms with Crippen LogP contribution in [0.15, 0.2) is 42.5 Å². The summed E-state index contributed by atoms with van der Waals surface area (Å²) in [7, 11) is -0.686. The summed E-state index contributed by atoms with van der Waals surface area (Å²) in [6, 6.07) is 11.1. The van der Waals surface area contributed by atoms with Gasteiger partial charge in [0.25, 0.3) is 0 Å². The number of rotatable bonds is 8. The number of hydrogen-bond acceptors (Lipinski definition) is 5. The molecule has 1 atom stereocenters. The lowest BCUT2D eigenvalue weighted by Gasteiger charge is -2.30. The number of amides is 1. The van der Waals surface area contributed by atoms with Crippen molar-refractivity contribution in [3.63, 3.8) is 0 Å². The van der Waals surface area contributed by atoms with E-state index in [0.717, 1.165) is 16.1 Å². The van der Waals surface area contributed by atoms with E-state index in [1.165, 1.54) is 14.2 Å². The number of ether oxygens (including phenoxy) is 2. The van der Waals surface area contributed by atoms with Crippen molar-refractivity contribution in [2.75, 3.05) is 30.1 Å². The third-order valence-corrected chi connectivity index (χ3v) is 5.43. The molecule has 0 fully saturated rings. The maximum Gasteiger partial charge on any atom is 0.248 e. The number of methoxy groups -OCH3 is 2. The second kappa shape index (κ2) is 8.97. The van der Waals surface area contributed by atoms with Gasteiger partial charge in [0.15, 0.2) is 0 Å². The summed E-state index contributed by atoms with van der Waals surface area (Å²) in [5, 5.41) is 2.77. The first-order valence-electron chi connectivity index (χ1n) is 8.80. The SMILES string of the molecule is CC[C@H](C(=O)Nc1cc(OC)ccc1OC)N(c1cccc(C)c1)S(C)(=O)=O. The van der Waals surface area contributed by atoms with Crippen LogP contribution in [0.1, 0.15) is 18.9 Å². The molecule has 0 radical (unpaired) electrons. The van der Waals surface area contributed by atoms with Crippen molar-refractivity contribution in [3.8, 4) is 11.5 Å². The van der Waals surface area contributed by atoms with Crippen LogP contribution in [0.25, 0.3) is 0 Å². The molecule has 0 aliphatic heterocycles. The fourth-order valence-electron chi connectivity index (χ4n) is 2.95. The zero-order valence-corrected chi connectivity index (χ0v) is 17.5. The van der Waals surface area contributed by atoms with Crippen LogP contribution in [-0.4, -0.2) is 40.8 Å². The first kappa shape index (κ1) is 21.6. The summed E-state index contributed by atoms with van der Waals surface area (Å²) in [6.07, 6.45) is 1.39. The van der Waals surface area contributed by atoms with Crippen molar-refractivity contribution in [2.24, 2.45) is 0 Å². The van der Waals surface area contributed by atoms with E-state index >= 15 is 0 Å². The Morgan fingerprint density at radius 2 is 1.86 bits per heavy atom. The normalized spacial score (nSPS) is 12.2. The number of nitrogens with one attached hydrogen (secondary N) is 1. The predicted molar refractivity (Wildman–Crippen MR) is 111 cm³/mol. The molecule has 0 aliphatic carbocycles. The van der Waals surface area contributed by atoms with Crippen LogP contribution in [-0.2, 0) is 14.8 Å². The zero-order valence-electron chi connectivity index (χ0n) is 16.7. The fourth-order valence-corrected chi connectivity index (χ4v) is 4.16. The summed E-state index contributed by atoms with van der Waals surface area (Å²) in [5.41, 5.74) is 1.75. The van der Waals surface area contributed by atoms with Gasteiger partial charge < -0.3 is 14.8 Å².